The molecule has 2 aromatic rings. The van der Waals surface area contributed by atoms with Crippen LogP contribution < -0.4 is 20.1 Å². The number of amides is 1. The van der Waals surface area contributed by atoms with Crippen LogP contribution >= 0.6 is 11.3 Å². The molecule has 0 unspecified atom stereocenters. The predicted molar refractivity (Wildman–Crippen MR) is 80.6 cm³/mol. The summed E-state index contributed by atoms with van der Waals surface area (Å²) in [5.74, 6) is -1.61. The fourth-order valence-electron chi connectivity index (χ4n) is 1.64. The molecule has 0 aliphatic rings. The summed E-state index contributed by atoms with van der Waals surface area (Å²) < 4.78 is 0.330. The summed E-state index contributed by atoms with van der Waals surface area (Å²) in [4.78, 5) is 36.3. The first-order chi connectivity index (χ1) is 9.95. The summed E-state index contributed by atoms with van der Waals surface area (Å²) in [6.07, 6.45) is 2.03. The molecular formula is C14H12N2O4S. The highest BCUT2D eigenvalue weighted by Crippen LogP contribution is 2.12. The van der Waals surface area contributed by atoms with Gasteiger partial charge in [0, 0.05) is 17.8 Å². The topological polar surface area (TPSA) is 99.3 Å². The summed E-state index contributed by atoms with van der Waals surface area (Å²) in [5.41, 5.74) is 1.06. The van der Waals surface area contributed by atoms with Gasteiger partial charge in [-0.1, -0.05) is 18.2 Å². The van der Waals surface area contributed by atoms with Gasteiger partial charge in [0.05, 0.1) is 0 Å². The highest BCUT2D eigenvalue weighted by molar-refractivity contribution is 7.07. The first-order valence-corrected chi connectivity index (χ1v) is 6.79. The van der Waals surface area contributed by atoms with E-state index >= 15 is 0 Å². The summed E-state index contributed by atoms with van der Waals surface area (Å²) in [5, 5.41) is 11.3. The number of aliphatic carboxylic acids is 1. The highest BCUT2D eigenvalue weighted by atomic mass is 32.1. The van der Waals surface area contributed by atoms with Crippen molar-refractivity contribution in [1.29, 1.82) is 0 Å². The van der Waals surface area contributed by atoms with Gasteiger partial charge in [0.15, 0.2) is 0 Å². The van der Waals surface area contributed by atoms with Crippen LogP contribution in [0.3, 0.4) is 0 Å². The van der Waals surface area contributed by atoms with Gasteiger partial charge in [0.2, 0.25) is 0 Å². The van der Waals surface area contributed by atoms with Crippen LogP contribution in [0.5, 0.6) is 0 Å². The molecule has 3 N–H and O–H groups in total. The third-order valence-electron chi connectivity index (χ3n) is 2.60. The van der Waals surface area contributed by atoms with E-state index in [4.69, 9.17) is 5.11 Å². The Morgan fingerprint density at radius 1 is 1.29 bits per heavy atom. The van der Waals surface area contributed by atoms with Crippen molar-refractivity contribution >= 4 is 41.1 Å². The number of benzene rings is 1. The van der Waals surface area contributed by atoms with Crippen molar-refractivity contribution < 1.29 is 14.7 Å². The lowest BCUT2D eigenvalue weighted by molar-refractivity contribution is -0.129. The number of nitrogens with one attached hydrogen (secondary N) is 2. The lowest BCUT2D eigenvalue weighted by Gasteiger charge is -2.04. The number of aromatic amines is 1. The average Bonchev–Trinajstić information content (AvgIpc) is 2.71. The summed E-state index contributed by atoms with van der Waals surface area (Å²) >= 11 is 0.910. The molecule has 0 atom stereocenters. The van der Waals surface area contributed by atoms with Gasteiger partial charge in [0.1, 0.15) is 9.20 Å². The van der Waals surface area contributed by atoms with Gasteiger partial charge in [-0.05, 0) is 18.6 Å². The van der Waals surface area contributed by atoms with Crippen molar-refractivity contribution in [2.75, 3.05) is 5.32 Å². The van der Waals surface area contributed by atoms with Crippen molar-refractivity contribution in [1.82, 2.24) is 4.98 Å². The van der Waals surface area contributed by atoms with Gasteiger partial charge in [-0.25, -0.2) is 4.79 Å². The van der Waals surface area contributed by atoms with E-state index in [9.17, 15) is 14.4 Å². The van der Waals surface area contributed by atoms with E-state index in [0.717, 1.165) is 23.0 Å². The number of carboxylic acids is 1. The molecule has 7 heteroatoms. The maximum atomic E-state index is 11.9. The van der Waals surface area contributed by atoms with Crippen LogP contribution in [-0.2, 0) is 9.59 Å². The number of H-pyrrole nitrogens is 1. The molecule has 0 aliphatic heterocycles. The molecule has 0 aliphatic carbocycles. The van der Waals surface area contributed by atoms with Gasteiger partial charge >= 0.3 is 5.97 Å². The van der Waals surface area contributed by atoms with E-state index in [0.29, 0.717) is 10.4 Å². The quantitative estimate of drug-likeness (QED) is 0.745. The van der Waals surface area contributed by atoms with E-state index in [1.165, 1.54) is 6.08 Å². The lowest BCUT2D eigenvalue weighted by Crippen LogP contribution is -2.21. The molecule has 2 rings (SSSR count). The maximum absolute atomic E-state index is 11.9. The number of carbonyl (C=O) groups is 2. The van der Waals surface area contributed by atoms with Crippen molar-refractivity contribution in [3.63, 3.8) is 0 Å². The minimum atomic E-state index is -1.21. The fraction of sp³-hybridized carbons (Fsp3) is 0.0714. The van der Waals surface area contributed by atoms with Crippen molar-refractivity contribution in [3.05, 3.63) is 49.4 Å². The molecule has 108 valence electrons. The molecule has 0 saturated carbocycles. The van der Waals surface area contributed by atoms with Gasteiger partial charge in [-0.3, -0.25) is 9.59 Å². The zero-order valence-electron chi connectivity index (χ0n) is 11.0. The molecule has 0 saturated heterocycles. The van der Waals surface area contributed by atoms with Crippen LogP contribution in [0, 0.1) is 6.92 Å². The second kappa shape index (κ2) is 6.19. The van der Waals surface area contributed by atoms with E-state index in [1.807, 2.05) is 19.1 Å². The Morgan fingerprint density at radius 2 is 2.00 bits per heavy atom. The number of carboxylic acid groups (broad SMARTS) is 1. The number of aryl methyl sites for hydroxylation is 1. The second-order valence-corrected chi connectivity index (χ2v) is 5.30. The summed E-state index contributed by atoms with van der Waals surface area (Å²) in [6, 6.07) is 7.29. The SMILES string of the molecule is Cc1ccccc1NC(=O)/C=c1\[nH]c(=O)/c(=C\C(=O)O)s1. The number of carbonyl (C=O) groups excluding carboxylic acids is 1. The highest BCUT2D eigenvalue weighted by Gasteiger charge is 2.02. The number of rotatable bonds is 3. The summed E-state index contributed by atoms with van der Waals surface area (Å²) in [7, 11) is 0. The third kappa shape index (κ3) is 3.90. The number of thiazole rings is 1. The molecule has 0 fully saturated rings. The van der Waals surface area contributed by atoms with Crippen LogP contribution in [0.4, 0.5) is 5.69 Å². The van der Waals surface area contributed by atoms with Gasteiger partial charge in [-0.15, -0.1) is 11.3 Å². The smallest absolute Gasteiger partial charge is 0.329 e. The van der Waals surface area contributed by atoms with Gasteiger partial charge in [0.25, 0.3) is 11.5 Å². The number of anilines is 1. The second-order valence-electron chi connectivity index (χ2n) is 4.22. The normalized spacial score (nSPS) is 12.4. The number of para-hydroxylation sites is 1. The van der Waals surface area contributed by atoms with Crippen LogP contribution in [0.2, 0.25) is 0 Å². The Kier molecular flexibility index (Phi) is 4.34. The number of aromatic nitrogens is 1. The Balaban J connectivity index is 2.29. The monoisotopic (exact) mass is 304 g/mol. The first kappa shape index (κ1) is 14.7. The van der Waals surface area contributed by atoms with Crippen LogP contribution in [0.25, 0.3) is 12.2 Å². The molecule has 1 aromatic carbocycles. The molecule has 0 radical (unpaired) electrons. The van der Waals surface area contributed by atoms with E-state index in [2.05, 4.69) is 10.3 Å². The van der Waals surface area contributed by atoms with E-state index in [1.54, 1.807) is 12.1 Å². The van der Waals surface area contributed by atoms with Crippen molar-refractivity contribution in [2.45, 2.75) is 6.92 Å². The zero-order chi connectivity index (χ0) is 15.4. The lowest BCUT2D eigenvalue weighted by atomic mass is 10.2. The third-order valence-corrected chi connectivity index (χ3v) is 3.56. The molecule has 1 heterocycles. The molecule has 0 spiro atoms. The van der Waals surface area contributed by atoms with Crippen LogP contribution in [0.1, 0.15) is 5.56 Å². The summed E-state index contributed by atoms with van der Waals surface area (Å²) in [6.45, 7) is 1.86. The van der Waals surface area contributed by atoms with Crippen LogP contribution in [-0.4, -0.2) is 22.0 Å². The van der Waals surface area contributed by atoms with Gasteiger partial charge < -0.3 is 15.4 Å². The fourth-order valence-corrected chi connectivity index (χ4v) is 2.49. The van der Waals surface area contributed by atoms with Crippen molar-refractivity contribution in [3.8, 4) is 0 Å². The average molecular weight is 304 g/mol. The molecule has 0 bridgehead atoms. The Hall–Kier alpha value is -2.67. The molecule has 1 amide bonds. The Bertz CT molecular complexity index is 864. The zero-order valence-corrected chi connectivity index (χ0v) is 11.9. The number of hydrogen-bond acceptors (Lipinski definition) is 4. The Labute approximate surface area is 123 Å². The minimum Gasteiger partial charge on any atom is -0.478 e. The minimum absolute atomic E-state index is 0.0393. The molecule has 6 nitrogen and oxygen atoms in total. The largest absolute Gasteiger partial charge is 0.478 e. The van der Waals surface area contributed by atoms with E-state index in [-0.39, 0.29) is 4.53 Å². The first-order valence-electron chi connectivity index (χ1n) is 5.98. The van der Waals surface area contributed by atoms with E-state index < -0.39 is 17.4 Å². The standard InChI is InChI=1S/C14H12N2O4S/c1-8-4-2-3-5-9(8)15-11(17)7-12-16-14(20)10(21-12)6-13(18)19/h2-7H,1H3,(H,15,17)(H,16,20)(H,18,19)/b10-6+,12-7+. The predicted octanol–water partition coefficient (Wildman–Crippen LogP) is 0.0291. The maximum Gasteiger partial charge on any atom is 0.329 e. The Morgan fingerprint density at radius 3 is 2.67 bits per heavy atom. The van der Waals surface area contributed by atoms with Gasteiger partial charge in [-0.2, -0.15) is 0 Å². The molecule has 21 heavy (non-hydrogen) atoms. The van der Waals surface area contributed by atoms with Crippen LogP contribution in [0.15, 0.2) is 29.1 Å². The molecular weight excluding hydrogens is 292 g/mol. The number of hydrogen-bond donors (Lipinski definition) is 3. The molecule has 1 aromatic heterocycles. The van der Waals surface area contributed by atoms with Crippen molar-refractivity contribution in [2.24, 2.45) is 0 Å².